The molecule has 0 saturated heterocycles. The fourth-order valence-corrected chi connectivity index (χ4v) is 2.20. The van der Waals surface area contributed by atoms with Gasteiger partial charge in [0.25, 0.3) is 5.56 Å². The van der Waals surface area contributed by atoms with E-state index in [4.69, 9.17) is 0 Å². The lowest BCUT2D eigenvalue weighted by Crippen LogP contribution is -2.36. The Morgan fingerprint density at radius 2 is 1.82 bits per heavy atom. The average molecular weight is 297 g/mol. The number of hydrogen-bond acceptors (Lipinski definition) is 2. The number of pyridine rings is 1. The monoisotopic (exact) mass is 297 g/mol. The van der Waals surface area contributed by atoms with E-state index >= 15 is 0 Å². The highest BCUT2D eigenvalue weighted by Crippen LogP contribution is 2.18. The second-order valence-electron chi connectivity index (χ2n) is 5.58. The summed E-state index contributed by atoms with van der Waals surface area (Å²) in [6.45, 7) is 1.06. The highest BCUT2D eigenvalue weighted by Gasteiger charge is 2.22. The van der Waals surface area contributed by atoms with Crippen LogP contribution in [0.4, 0.5) is 4.79 Å². The molecule has 3 rings (SSSR count). The van der Waals surface area contributed by atoms with Crippen molar-refractivity contribution in [3.8, 4) is 0 Å². The van der Waals surface area contributed by atoms with Crippen molar-refractivity contribution in [2.45, 2.75) is 32.0 Å². The maximum Gasteiger partial charge on any atom is 0.315 e. The Kier molecular flexibility index (Phi) is 4.23. The molecular weight excluding hydrogens is 278 g/mol. The molecule has 0 atom stereocenters. The van der Waals surface area contributed by atoms with E-state index < -0.39 is 0 Å². The van der Waals surface area contributed by atoms with Crippen molar-refractivity contribution in [1.29, 1.82) is 0 Å². The molecule has 5 heteroatoms. The number of nitrogens with zero attached hydrogens (tertiary/aromatic N) is 1. The summed E-state index contributed by atoms with van der Waals surface area (Å²) in [6.07, 6.45) is 3.95. The summed E-state index contributed by atoms with van der Waals surface area (Å²) < 4.78 is 1.66. The molecule has 1 aromatic heterocycles. The molecule has 1 aromatic carbocycles. The molecule has 0 radical (unpaired) electrons. The first-order chi connectivity index (χ1) is 10.7. The molecule has 2 amide bonds. The molecule has 1 fully saturated rings. The van der Waals surface area contributed by atoms with Crippen LogP contribution in [-0.4, -0.2) is 16.6 Å². The molecule has 0 spiro atoms. The van der Waals surface area contributed by atoms with Gasteiger partial charge in [-0.2, -0.15) is 0 Å². The molecule has 5 nitrogen and oxygen atoms in total. The van der Waals surface area contributed by atoms with Crippen LogP contribution >= 0.6 is 0 Å². The smallest absolute Gasteiger partial charge is 0.315 e. The van der Waals surface area contributed by atoms with E-state index in [0.717, 1.165) is 24.0 Å². The summed E-state index contributed by atoms with van der Waals surface area (Å²) in [5, 5.41) is 5.73. The molecule has 1 aliphatic carbocycles. The van der Waals surface area contributed by atoms with Gasteiger partial charge < -0.3 is 15.2 Å². The van der Waals surface area contributed by atoms with Gasteiger partial charge in [0.1, 0.15) is 0 Å². The topological polar surface area (TPSA) is 63.1 Å². The van der Waals surface area contributed by atoms with Crippen LogP contribution < -0.4 is 16.2 Å². The van der Waals surface area contributed by atoms with Gasteiger partial charge >= 0.3 is 6.03 Å². The molecule has 0 unspecified atom stereocenters. The molecule has 0 bridgehead atoms. The van der Waals surface area contributed by atoms with Gasteiger partial charge in [-0.15, -0.1) is 0 Å². The van der Waals surface area contributed by atoms with Gasteiger partial charge in [-0.25, -0.2) is 4.79 Å². The molecular formula is C17H19N3O2. The minimum atomic E-state index is -0.109. The Morgan fingerprint density at radius 1 is 1.09 bits per heavy atom. The zero-order valence-electron chi connectivity index (χ0n) is 12.3. The maximum atomic E-state index is 11.7. The van der Waals surface area contributed by atoms with Crippen molar-refractivity contribution in [3.63, 3.8) is 0 Å². The number of rotatable bonds is 5. The van der Waals surface area contributed by atoms with Crippen molar-refractivity contribution < 1.29 is 4.79 Å². The van der Waals surface area contributed by atoms with Gasteiger partial charge in [-0.05, 0) is 30.0 Å². The minimum Gasteiger partial charge on any atom is -0.335 e. The summed E-state index contributed by atoms with van der Waals surface area (Å²) in [7, 11) is 0. The number of aromatic nitrogens is 1. The number of benzene rings is 1. The first-order valence-corrected chi connectivity index (χ1v) is 7.48. The van der Waals surface area contributed by atoms with E-state index in [1.807, 2.05) is 30.3 Å². The summed E-state index contributed by atoms with van der Waals surface area (Å²) in [5.74, 6) is 0. The van der Waals surface area contributed by atoms with E-state index in [-0.39, 0.29) is 11.6 Å². The predicted molar refractivity (Wildman–Crippen MR) is 84.6 cm³/mol. The summed E-state index contributed by atoms with van der Waals surface area (Å²) in [6, 6.07) is 13.3. The molecule has 1 heterocycles. The molecule has 22 heavy (non-hydrogen) atoms. The fraction of sp³-hybridized carbons (Fsp3) is 0.294. The van der Waals surface area contributed by atoms with Crippen LogP contribution in [0.1, 0.15) is 24.0 Å². The lowest BCUT2D eigenvalue weighted by atomic mass is 10.1. The number of urea groups is 1. The average Bonchev–Trinajstić information content (AvgIpc) is 3.33. The van der Waals surface area contributed by atoms with Crippen molar-refractivity contribution in [2.75, 3.05) is 0 Å². The molecule has 2 N–H and O–H groups in total. The Labute approximate surface area is 129 Å². The largest absolute Gasteiger partial charge is 0.335 e. The second-order valence-corrected chi connectivity index (χ2v) is 5.58. The third-order valence-corrected chi connectivity index (χ3v) is 3.64. The molecule has 0 aliphatic heterocycles. The van der Waals surface area contributed by atoms with E-state index in [1.165, 1.54) is 0 Å². The van der Waals surface area contributed by atoms with Crippen LogP contribution in [0.3, 0.4) is 0 Å². The summed E-state index contributed by atoms with van der Waals surface area (Å²) in [4.78, 5) is 23.2. The zero-order chi connectivity index (χ0) is 15.4. The first-order valence-electron chi connectivity index (χ1n) is 7.48. The number of hydrogen-bond donors (Lipinski definition) is 2. The Balaban J connectivity index is 1.54. The van der Waals surface area contributed by atoms with Gasteiger partial charge in [-0.1, -0.05) is 30.3 Å². The molecule has 114 valence electrons. The van der Waals surface area contributed by atoms with E-state index in [0.29, 0.717) is 19.1 Å². The first kappa shape index (κ1) is 14.4. The van der Waals surface area contributed by atoms with E-state index in [9.17, 15) is 9.59 Å². The van der Waals surface area contributed by atoms with Crippen molar-refractivity contribution in [2.24, 2.45) is 0 Å². The van der Waals surface area contributed by atoms with Gasteiger partial charge in [0.05, 0.1) is 6.54 Å². The molecule has 1 saturated carbocycles. The fourth-order valence-electron chi connectivity index (χ4n) is 2.20. The Bertz CT molecular complexity index is 702. The zero-order valence-corrected chi connectivity index (χ0v) is 12.3. The van der Waals surface area contributed by atoms with Gasteiger partial charge in [0.2, 0.25) is 0 Å². The number of nitrogens with one attached hydrogen (secondary N) is 2. The second kappa shape index (κ2) is 6.47. The van der Waals surface area contributed by atoms with Crippen molar-refractivity contribution >= 4 is 6.03 Å². The quantitative estimate of drug-likeness (QED) is 0.885. The van der Waals surface area contributed by atoms with Gasteiger partial charge in [0, 0.05) is 24.8 Å². The molecule has 2 aromatic rings. The van der Waals surface area contributed by atoms with E-state index in [2.05, 4.69) is 10.6 Å². The molecule has 1 aliphatic rings. The van der Waals surface area contributed by atoms with Crippen LogP contribution in [0.15, 0.2) is 53.5 Å². The highest BCUT2D eigenvalue weighted by atomic mass is 16.2. The number of carbonyl (C=O) groups is 1. The summed E-state index contributed by atoms with van der Waals surface area (Å²) in [5.41, 5.74) is 2.08. The third kappa shape index (κ3) is 3.97. The third-order valence-electron chi connectivity index (χ3n) is 3.64. The highest BCUT2D eigenvalue weighted by molar-refractivity contribution is 5.74. The lowest BCUT2D eigenvalue weighted by molar-refractivity contribution is 0.240. The van der Waals surface area contributed by atoms with Gasteiger partial charge in [-0.3, -0.25) is 4.79 Å². The summed E-state index contributed by atoms with van der Waals surface area (Å²) >= 11 is 0. The Morgan fingerprint density at radius 3 is 2.50 bits per heavy atom. The van der Waals surface area contributed by atoms with Crippen LogP contribution in [0.2, 0.25) is 0 Å². The number of amides is 2. The van der Waals surface area contributed by atoms with Crippen molar-refractivity contribution in [3.05, 3.63) is 70.1 Å². The SMILES string of the molecule is O=C(NCc1ccc(Cn2ccccc2=O)cc1)NC1CC1. The van der Waals surface area contributed by atoms with Gasteiger partial charge in [0.15, 0.2) is 0 Å². The van der Waals surface area contributed by atoms with Crippen LogP contribution in [-0.2, 0) is 13.1 Å². The normalized spacial score (nSPS) is 13.6. The maximum absolute atomic E-state index is 11.7. The van der Waals surface area contributed by atoms with Crippen molar-refractivity contribution in [1.82, 2.24) is 15.2 Å². The minimum absolute atomic E-state index is 0.00927. The van der Waals surface area contributed by atoms with Crippen LogP contribution in [0, 0.1) is 0 Å². The predicted octanol–water partition coefficient (Wildman–Crippen LogP) is 1.86. The Hall–Kier alpha value is -2.56. The van der Waals surface area contributed by atoms with Crippen LogP contribution in [0.5, 0.6) is 0 Å². The standard InChI is InChI=1S/C17H19N3O2/c21-16-3-1-2-10-20(16)12-14-6-4-13(5-7-14)11-18-17(22)19-15-8-9-15/h1-7,10,15H,8-9,11-12H2,(H2,18,19,22). The van der Waals surface area contributed by atoms with Crippen LogP contribution in [0.25, 0.3) is 0 Å². The van der Waals surface area contributed by atoms with E-state index in [1.54, 1.807) is 22.9 Å². The number of carbonyl (C=O) groups excluding carboxylic acids is 1. The lowest BCUT2D eigenvalue weighted by Gasteiger charge is -2.08.